The van der Waals surface area contributed by atoms with Gasteiger partial charge < -0.3 is 0 Å². The Morgan fingerprint density at radius 2 is 1.62 bits per heavy atom. The van der Waals surface area contributed by atoms with Crippen LogP contribution in [0, 0.1) is 29.5 Å². The van der Waals surface area contributed by atoms with E-state index in [1.807, 2.05) is 6.07 Å². The smallest absolute Gasteiger partial charge is 0.142 e. The third-order valence-electron chi connectivity index (χ3n) is 6.53. The molecule has 1 aromatic rings. The van der Waals surface area contributed by atoms with Gasteiger partial charge in [-0.25, -0.2) is 4.39 Å². The summed E-state index contributed by atoms with van der Waals surface area (Å²) in [5, 5.41) is 0.227. The van der Waals surface area contributed by atoms with Crippen LogP contribution in [-0.4, -0.2) is 0 Å². The van der Waals surface area contributed by atoms with Gasteiger partial charge in [-0.15, -0.1) is 6.58 Å². The second kappa shape index (κ2) is 8.52. The summed E-state index contributed by atoms with van der Waals surface area (Å²) in [6.45, 7) is 3.96. The maximum absolute atomic E-state index is 13.5. The fourth-order valence-electron chi connectivity index (χ4n) is 4.87. The summed E-state index contributed by atoms with van der Waals surface area (Å²) in [6.07, 6.45) is 15.4. The molecule has 0 aliphatic heterocycles. The third-order valence-corrected chi connectivity index (χ3v) is 6.84. The van der Waals surface area contributed by atoms with Crippen molar-refractivity contribution in [3.63, 3.8) is 0 Å². The van der Waals surface area contributed by atoms with Crippen LogP contribution in [-0.2, 0) is 6.42 Å². The molecule has 132 valence electrons. The van der Waals surface area contributed by atoms with Crippen LogP contribution in [0.1, 0.15) is 63.4 Å². The first-order chi connectivity index (χ1) is 11.7. The summed E-state index contributed by atoms with van der Waals surface area (Å²) in [7, 11) is 0. The molecule has 0 saturated heterocycles. The van der Waals surface area contributed by atoms with E-state index in [0.29, 0.717) is 0 Å². The van der Waals surface area contributed by atoms with Gasteiger partial charge >= 0.3 is 0 Å². The van der Waals surface area contributed by atoms with Crippen molar-refractivity contribution in [3.05, 3.63) is 47.3 Å². The molecule has 0 amide bonds. The van der Waals surface area contributed by atoms with E-state index in [9.17, 15) is 4.39 Å². The minimum atomic E-state index is -0.284. The Morgan fingerprint density at radius 3 is 2.21 bits per heavy atom. The van der Waals surface area contributed by atoms with Crippen molar-refractivity contribution in [2.24, 2.45) is 23.7 Å². The minimum Gasteiger partial charge on any atom is -0.205 e. The molecular formula is C22H30ClF. The standard InChI is InChI=1S/C22H30ClF/c1-2-16-5-10-19(11-6-16)20-12-7-17(8-13-20)3-4-18-9-14-21(23)22(24)15-18/h2,9,14-17,19-20H,1,3-8,10-13H2. The van der Waals surface area contributed by atoms with Crippen LogP contribution in [0.3, 0.4) is 0 Å². The molecule has 0 nitrogen and oxygen atoms in total. The predicted molar refractivity (Wildman–Crippen MR) is 101 cm³/mol. The highest BCUT2D eigenvalue weighted by Gasteiger charge is 2.30. The van der Waals surface area contributed by atoms with Gasteiger partial charge in [-0.05, 0) is 92.7 Å². The molecule has 0 unspecified atom stereocenters. The second-order valence-corrected chi connectivity index (χ2v) is 8.39. The maximum Gasteiger partial charge on any atom is 0.142 e. The van der Waals surface area contributed by atoms with Crippen molar-refractivity contribution in [3.8, 4) is 0 Å². The fourth-order valence-corrected chi connectivity index (χ4v) is 4.98. The summed E-state index contributed by atoms with van der Waals surface area (Å²) < 4.78 is 13.5. The normalized spacial score (nSPS) is 30.9. The summed E-state index contributed by atoms with van der Waals surface area (Å²) in [6, 6.07) is 5.25. The molecule has 2 saturated carbocycles. The summed E-state index contributed by atoms with van der Waals surface area (Å²) in [5.74, 6) is 3.24. The Balaban J connectivity index is 1.40. The van der Waals surface area contributed by atoms with Crippen LogP contribution < -0.4 is 0 Å². The van der Waals surface area contributed by atoms with Crippen LogP contribution in [0.25, 0.3) is 0 Å². The number of rotatable bonds is 5. The average Bonchev–Trinajstić information content (AvgIpc) is 2.63. The van der Waals surface area contributed by atoms with Gasteiger partial charge in [-0.3, -0.25) is 0 Å². The Bertz CT molecular complexity index is 537. The Kier molecular flexibility index (Phi) is 6.38. The van der Waals surface area contributed by atoms with Crippen molar-refractivity contribution in [1.29, 1.82) is 0 Å². The van der Waals surface area contributed by atoms with Gasteiger partial charge in [0.05, 0.1) is 5.02 Å². The molecule has 1 aromatic carbocycles. The van der Waals surface area contributed by atoms with E-state index < -0.39 is 0 Å². The monoisotopic (exact) mass is 348 g/mol. The molecular weight excluding hydrogens is 319 g/mol. The summed E-state index contributed by atoms with van der Waals surface area (Å²) in [5.41, 5.74) is 1.08. The largest absolute Gasteiger partial charge is 0.205 e. The van der Waals surface area contributed by atoms with E-state index in [-0.39, 0.29) is 10.8 Å². The average molecular weight is 349 g/mol. The van der Waals surface area contributed by atoms with Crippen LogP contribution in [0.15, 0.2) is 30.9 Å². The van der Waals surface area contributed by atoms with Crippen LogP contribution in [0.5, 0.6) is 0 Å². The highest BCUT2D eigenvalue weighted by molar-refractivity contribution is 6.30. The number of halogens is 2. The molecule has 24 heavy (non-hydrogen) atoms. The summed E-state index contributed by atoms with van der Waals surface area (Å²) in [4.78, 5) is 0. The van der Waals surface area contributed by atoms with Crippen LogP contribution in [0.2, 0.25) is 5.02 Å². The Labute approximate surface area is 151 Å². The van der Waals surface area contributed by atoms with Gasteiger partial charge in [-0.2, -0.15) is 0 Å². The quantitative estimate of drug-likeness (QED) is 0.493. The Hall–Kier alpha value is -0.820. The molecule has 2 aliphatic carbocycles. The van der Waals surface area contributed by atoms with Gasteiger partial charge in [0.2, 0.25) is 0 Å². The van der Waals surface area contributed by atoms with E-state index in [0.717, 1.165) is 35.7 Å². The highest BCUT2D eigenvalue weighted by Crippen LogP contribution is 2.42. The SMILES string of the molecule is C=CC1CCC(C2CCC(CCc3ccc(Cl)c(F)c3)CC2)CC1. The van der Waals surface area contributed by atoms with Crippen molar-refractivity contribution in [2.45, 2.75) is 64.2 Å². The van der Waals surface area contributed by atoms with E-state index >= 15 is 0 Å². The molecule has 2 heteroatoms. The Morgan fingerprint density at radius 1 is 1.00 bits per heavy atom. The molecule has 2 aliphatic rings. The zero-order chi connectivity index (χ0) is 16.9. The molecule has 0 N–H and O–H groups in total. The van der Waals surface area contributed by atoms with Crippen molar-refractivity contribution in [2.75, 3.05) is 0 Å². The van der Waals surface area contributed by atoms with Gasteiger partial charge in [-0.1, -0.05) is 36.6 Å². The molecule has 3 rings (SSSR count). The van der Waals surface area contributed by atoms with Crippen molar-refractivity contribution < 1.29 is 4.39 Å². The first kappa shape index (κ1) is 18.0. The molecule has 0 atom stereocenters. The van der Waals surface area contributed by atoms with E-state index in [1.165, 1.54) is 57.8 Å². The van der Waals surface area contributed by atoms with Crippen molar-refractivity contribution in [1.82, 2.24) is 0 Å². The summed E-state index contributed by atoms with van der Waals surface area (Å²) >= 11 is 5.76. The zero-order valence-corrected chi connectivity index (χ0v) is 15.4. The zero-order valence-electron chi connectivity index (χ0n) is 14.7. The maximum atomic E-state index is 13.5. The van der Waals surface area contributed by atoms with Crippen LogP contribution >= 0.6 is 11.6 Å². The number of allylic oxidation sites excluding steroid dienone is 1. The number of hydrogen-bond acceptors (Lipinski definition) is 0. The molecule has 0 bridgehead atoms. The number of hydrogen-bond donors (Lipinski definition) is 0. The lowest BCUT2D eigenvalue weighted by Crippen LogP contribution is -2.25. The number of benzene rings is 1. The topological polar surface area (TPSA) is 0 Å². The second-order valence-electron chi connectivity index (χ2n) is 7.98. The van der Waals surface area contributed by atoms with E-state index in [2.05, 4.69) is 12.7 Å². The molecule has 0 radical (unpaired) electrons. The molecule has 0 heterocycles. The molecule has 0 aromatic heterocycles. The van der Waals surface area contributed by atoms with Gasteiger partial charge in [0.15, 0.2) is 0 Å². The third kappa shape index (κ3) is 4.63. The van der Waals surface area contributed by atoms with Crippen LogP contribution in [0.4, 0.5) is 4.39 Å². The minimum absolute atomic E-state index is 0.227. The predicted octanol–water partition coefficient (Wildman–Crippen LogP) is 7.21. The lowest BCUT2D eigenvalue weighted by atomic mass is 9.68. The van der Waals surface area contributed by atoms with Crippen molar-refractivity contribution >= 4 is 11.6 Å². The lowest BCUT2D eigenvalue weighted by Gasteiger charge is -2.37. The lowest BCUT2D eigenvalue weighted by molar-refractivity contribution is 0.153. The molecule has 2 fully saturated rings. The first-order valence-corrected chi connectivity index (χ1v) is 10.1. The van der Waals surface area contributed by atoms with E-state index in [1.54, 1.807) is 12.1 Å². The first-order valence-electron chi connectivity index (χ1n) is 9.72. The van der Waals surface area contributed by atoms with E-state index in [4.69, 9.17) is 11.6 Å². The molecule has 0 spiro atoms. The van der Waals surface area contributed by atoms with Gasteiger partial charge in [0.25, 0.3) is 0 Å². The number of aryl methyl sites for hydroxylation is 1. The van der Waals surface area contributed by atoms with Gasteiger partial charge in [0.1, 0.15) is 5.82 Å². The highest BCUT2D eigenvalue weighted by atomic mass is 35.5. The van der Waals surface area contributed by atoms with Gasteiger partial charge in [0, 0.05) is 0 Å². The fraction of sp³-hybridized carbons (Fsp3) is 0.636.